The molecule has 0 bridgehead atoms. The second-order valence-electron chi connectivity index (χ2n) is 6.10. The number of benzene rings is 1. The third kappa shape index (κ3) is 4.81. The number of β-amino-alcohol motifs (C(OH)–C–C–N with tert-alkyl or cyclic N) is 1. The van der Waals surface area contributed by atoms with Gasteiger partial charge >= 0.3 is 0 Å². The Morgan fingerprint density at radius 1 is 1.20 bits per heavy atom. The molecule has 1 saturated heterocycles. The van der Waals surface area contributed by atoms with Gasteiger partial charge in [-0.25, -0.2) is 4.39 Å². The van der Waals surface area contributed by atoms with Gasteiger partial charge in [-0.3, -0.25) is 9.80 Å². The normalized spacial score (nSPS) is 18.4. The predicted octanol–water partition coefficient (Wildman–Crippen LogP) is 2.48. The summed E-state index contributed by atoms with van der Waals surface area (Å²) in [6.07, 6.45) is 0. The quantitative estimate of drug-likeness (QED) is 0.908. The van der Waals surface area contributed by atoms with Crippen molar-refractivity contribution < 1.29 is 9.50 Å². The smallest absolute Gasteiger partial charge is 0.124 e. The summed E-state index contributed by atoms with van der Waals surface area (Å²) < 4.78 is 13.9. The summed E-state index contributed by atoms with van der Waals surface area (Å²) in [5.74, 6) is -0.212. The van der Waals surface area contributed by atoms with Crippen molar-refractivity contribution in [2.75, 3.05) is 32.7 Å². The maximum Gasteiger partial charge on any atom is 0.124 e. The van der Waals surface area contributed by atoms with Gasteiger partial charge in [-0.1, -0.05) is 22.0 Å². The number of piperazine rings is 1. The van der Waals surface area contributed by atoms with E-state index >= 15 is 0 Å². The molecule has 5 heteroatoms. The summed E-state index contributed by atoms with van der Waals surface area (Å²) in [4.78, 5) is 4.65. The Morgan fingerprint density at radius 3 is 2.35 bits per heavy atom. The molecule has 1 N–H and O–H groups in total. The van der Waals surface area contributed by atoms with Crippen molar-refractivity contribution in [2.45, 2.75) is 26.0 Å². The van der Waals surface area contributed by atoms with E-state index in [0.717, 1.165) is 42.8 Å². The van der Waals surface area contributed by atoms with Gasteiger partial charge in [-0.15, -0.1) is 0 Å². The molecule has 0 saturated carbocycles. The molecular weight excluding hydrogens is 323 g/mol. The first-order valence-electron chi connectivity index (χ1n) is 6.94. The van der Waals surface area contributed by atoms with Crippen molar-refractivity contribution in [3.63, 3.8) is 0 Å². The summed E-state index contributed by atoms with van der Waals surface area (Å²) in [6, 6.07) is 4.85. The zero-order valence-corrected chi connectivity index (χ0v) is 13.7. The van der Waals surface area contributed by atoms with Crippen LogP contribution in [0.2, 0.25) is 0 Å². The first-order chi connectivity index (χ1) is 9.33. The van der Waals surface area contributed by atoms with Gasteiger partial charge in [0.1, 0.15) is 5.82 Å². The fourth-order valence-corrected chi connectivity index (χ4v) is 3.02. The summed E-state index contributed by atoms with van der Waals surface area (Å²) in [6.45, 7) is 9.09. The van der Waals surface area contributed by atoms with Gasteiger partial charge in [0.15, 0.2) is 0 Å². The van der Waals surface area contributed by atoms with E-state index in [1.165, 1.54) is 12.1 Å². The van der Waals surface area contributed by atoms with Gasteiger partial charge in [0, 0.05) is 43.7 Å². The zero-order valence-electron chi connectivity index (χ0n) is 12.1. The van der Waals surface area contributed by atoms with Crippen molar-refractivity contribution in [3.8, 4) is 0 Å². The minimum absolute atomic E-state index is 0.212. The second-order valence-corrected chi connectivity index (χ2v) is 6.95. The average molecular weight is 345 g/mol. The average Bonchev–Trinajstić information content (AvgIpc) is 2.33. The van der Waals surface area contributed by atoms with Crippen molar-refractivity contribution in [1.29, 1.82) is 0 Å². The molecule has 112 valence electrons. The van der Waals surface area contributed by atoms with Gasteiger partial charge < -0.3 is 5.11 Å². The highest BCUT2D eigenvalue weighted by atomic mass is 79.9. The fourth-order valence-electron chi connectivity index (χ4n) is 2.54. The van der Waals surface area contributed by atoms with Crippen LogP contribution in [0.25, 0.3) is 0 Å². The lowest BCUT2D eigenvalue weighted by Crippen LogP contribution is -2.50. The zero-order chi connectivity index (χ0) is 14.8. The van der Waals surface area contributed by atoms with Crippen molar-refractivity contribution in [1.82, 2.24) is 9.80 Å². The minimum Gasteiger partial charge on any atom is -0.389 e. The Labute approximate surface area is 128 Å². The SMILES string of the molecule is CC(C)(O)CN1CCN(Cc2ccc(F)cc2Br)CC1. The highest BCUT2D eigenvalue weighted by Gasteiger charge is 2.22. The van der Waals surface area contributed by atoms with Crippen LogP contribution in [-0.4, -0.2) is 53.2 Å². The lowest BCUT2D eigenvalue weighted by molar-refractivity contribution is 0.0166. The molecule has 0 aliphatic carbocycles. The second kappa shape index (κ2) is 6.52. The molecule has 3 nitrogen and oxygen atoms in total. The van der Waals surface area contributed by atoms with Crippen molar-refractivity contribution >= 4 is 15.9 Å². The van der Waals surface area contributed by atoms with Crippen LogP contribution in [0.1, 0.15) is 19.4 Å². The minimum atomic E-state index is -0.637. The van der Waals surface area contributed by atoms with Gasteiger partial charge in [0.2, 0.25) is 0 Å². The molecule has 0 amide bonds. The molecule has 1 aliphatic rings. The molecule has 20 heavy (non-hydrogen) atoms. The highest BCUT2D eigenvalue weighted by molar-refractivity contribution is 9.10. The first-order valence-corrected chi connectivity index (χ1v) is 7.74. The Balaban J connectivity index is 1.85. The van der Waals surface area contributed by atoms with Crippen LogP contribution in [0.4, 0.5) is 4.39 Å². The fraction of sp³-hybridized carbons (Fsp3) is 0.600. The largest absolute Gasteiger partial charge is 0.389 e. The molecule has 1 aromatic rings. The predicted molar refractivity (Wildman–Crippen MR) is 82.1 cm³/mol. The highest BCUT2D eigenvalue weighted by Crippen LogP contribution is 2.20. The van der Waals surface area contributed by atoms with Crippen LogP contribution >= 0.6 is 15.9 Å². The molecule has 0 spiro atoms. The van der Waals surface area contributed by atoms with E-state index in [4.69, 9.17) is 0 Å². The molecule has 0 aromatic heterocycles. The van der Waals surface area contributed by atoms with E-state index in [2.05, 4.69) is 25.7 Å². The molecule has 1 fully saturated rings. The molecule has 0 unspecified atom stereocenters. The summed E-state index contributed by atoms with van der Waals surface area (Å²) >= 11 is 3.42. The van der Waals surface area contributed by atoms with E-state index in [0.29, 0.717) is 6.54 Å². The van der Waals surface area contributed by atoms with Gasteiger partial charge in [0.25, 0.3) is 0 Å². The molecular formula is C15H22BrFN2O. The van der Waals surface area contributed by atoms with Crippen LogP contribution in [-0.2, 0) is 6.54 Å². The maximum atomic E-state index is 13.1. The Kier molecular flexibility index (Phi) is 5.18. The van der Waals surface area contributed by atoms with Crippen molar-refractivity contribution in [3.05, 3.63) is 34.1 Å². The molecule has 1 heterocycles. The van der Waals surface area contributed by atoms with Crippen LogP contribution in [0.15, 0.2) is 22.7 Å². The van der Waals surface area contributed by atoms with Gasteiger partial charge in [-0.05, 0) is 31.5 Å². The molecule has 1 aliphatic heterocycles. The van der Waals surface area contributed by atoms with Crippen LogP contribution in [0.3, 0.4) is 0 Å². The lowest BCUT2D eigenvalue weighted by Gasteiger charge is -2.37. The molecule has 0 radical (unpaired) electrons. The third-order valence-electron chi connectivity index (χ3n) is 3.48. The van der Waals surface area contributed by atoms with E-state index in [1.807, 2.05) is 19.9 Å². The molecule has 1 aromatic carbocycles. The number of hydrogen-bond acceptors (Lipinski definition) is 3. The Morgan fingerprint density at radius 2 is 1.80 bits per heavy atom. The summed E-state index contributed by atoms with van der Waals surface area (Å²) in [5, 5.41) is 9.84. The van der Waals surface area contributed by atoms with E-state index < -0.39 is 5.60 Å². The topological polar surface area (TPSA) is 26.7 Å². The number of rotatable bonds is 4. The number of hydrogen-bond donors (Lipinski definition) is 1. The molecule has 2 rings (SSSR count). The van der Waals surface area contributed by atoms with Crippen LogP contribution < -0.4 is 0 Å². The van der Waals surface area contributed by atoms with Crippen LogP contribution in [0, 0.1) is 5.82 Å². The lowest BCUT2D eigenvalue weighted by atomic mass is 10.1. The summed E-state index contributed by atoms with van der Waals surface area (Å²) in [5.41, 5.74) is 0.477. The Hall–Kier alpha value is -0.490. The monoisotopic (exact) mass is 344 g/mol. The first kappa shape index (κ1) is 15.9. The molecule has 0 atom stereocenters. The van der Waals surface area contributed by atoms with E-state index in [9.17, 15) is 9.50 Å². The number of nitrogens with zero attached hydrogens (tertiary/aromatic N) is 2. The van der Waals surface area contributed by atoms with E-state index in [1.54, 1.807) is 0 Å². The van der Waals surface area contributed by atoms with Gasteiger partial charge in [-0.2, -0.15) is 0 Å². The number of halogens is 2. The van der Waals surface area contributed by atoms with E-state index in [-0.39, 0.29) is 5.82 Å². The van der Waals surface area contributed by atoms with Crippen molar-refractivity contribution in [2.24, 2.45) is 0 Å². The van der Waals surface area contributed by atoms with Gasteiger partial charge in [0.05, 0.1) is 5.60 Å². The number of aliphatic hydroxyl groups is 1. The maximum absolute atomic E-state index is 13.1. The Bertz CT molecular complexity index is 454. The third-order valence-corrected chi connectivity index (χ3v) is 4.22. The summed E-state index contributed by atoms with van der Waals surface area (Å²) in [7, 11) is 0. The van der Waals surface area contributed by atoms with Crippen LogP contribution in [0.5, 0.6) is 0 Å². The standard InChI is InChI=1S/C15H22BrFN2O/c1-15(2,20)11-19-7-5-18(6-8-19)10-12-3-4-13(17)9-14(12)16/h3-4,9,20H,5-8,10-11H2,1-2H3.